The summed E-state index contributed by atoms with van der Waals surface area (Å²) in [6.07, 6.45) is 5.31. The van der Waals surface area contributed by atoms with Crippen LogP contribution in [0, 0.1) is 6.54 Å². The first-order chi connectivity index (χ1) is 5.35. The molecule has 0 aromatic carbocycles. The monoisotopic (exact) mass is 156 g/mol. The molecule has 67 valence electrons. The number of nitrogens with zero attached hydrogens (tertiary/aromatic N) is 1. The van der Waals surface area contributed by atoms with Crippen LogP contribution in [0.2, 0.25) is 0 Å². The van der Waals surface area contributed by atoms with E-state index in [1.165, 1.54) is 25.7 Å². The Labute approximate surface area is 71.8 Å². The molecular weight excluding hydrogens is 134 g/mol. The molecule has 0 aliphatic carbocycles. The third-order valence-corrected chi connectivity index (χ3v) is 2.01. The predicted octanol–water partition coefficient (Wildman–Crippen LogP) is 3.07. The molecule has 0 N–H and O–H groups in total. The second-order valence-electron chi connectivity index (χ2n) is 2.90. The second-order valence-corrected chi connectivity index (χ2v) is 2.90. The Balaban J connectivity index is 3.07. The molecule has 0 saturated carbocycles. The molecule has 0 atom stereocenters. The molecule has 1 nitrogen and oxygen atoms in total. The first-order valence-corrected chi connectivity index (χ1v) is 4.92. The highest BCUT2D eigenvalue weighted by atomic mass is 15.1. The summed E-state index contributed by atoms with van der Waals surface area (Å²) in [5.74, 6) is 0. The van der Waals surface area contributed by atoms with Crippen molar-refractivity contribution in [1.82, 2.24) is 4.90 Å². The molecule has 0 bridgehead atoms. The van der Waals surface area contributed by atoms with Crippen molar-refractivity contribution in [3.05, 3.63) is 6.54 Å². The van der Waals surface area contributed by atoms with Gasteiger partial charge in [0, 0.05) is 6.54 Å². The van der Waals surface area contributed by atoms with E-state index in [0.717, 1.165) is 13.1 Å². The summed E-state index contributed by atoms with van der Waals surface area (Å²) in [4.78, 5) is 2.37. The van der Waals surface area contributed by atoms with Crippen LogP contribution in [-0.2, 0) is 0 Å². The van der Waals surface area contributed by atoms with Crippen molar-refractivity contribution in [1.29, 1.82) is 0 Å². The van der Waals surface area contributed by atoms with Crippen molar-refractivity contribution in [2.75, 3.05) is 13.1 Å². The Hall–Kier alpha value is -0.0400. The fourth-order valence-electron chi connectivity index (χ4n) is 1.15. The van der Waals surface area contributed by atoms with E-state index in [0.29, 0.717) is 0 Å². The van der Waals surface area contributed by atoms with Gasteiger partial charge in [0.1, 0.15) is 0 Å². The summed E-state index contributed by atoms with van der Waals surface area (Å²) in [6.45, 7) is 11.3. The number of hydrogen-bond acceptors (Lipinski definition) is 1. The van der Waals surface area contributed by atoms with Crippen molar-refractivity contribution in [2.45, 2.75) is 46.5 Å². The average Bonchev–Trinajstić information content (AvgIpc) is 2.05. The van der Waals surface area contributed by atoms with E-state index in [-0.39, 0.29) is 0 Å². The van der Waals surface area contributed by atoms with Gasteiger partial charge >= 0.3 is 0 Å². The van der Waals surface area contributed by atoms with Crippen molar-refractivity contribution >= 4 is 0 Å². The summed E-state index contributed by atoms with van der Waals surface area (Å²) in [5.41, 5.74) is 0. The SMILES string of the molecule is CCCCC[CH]N(CC)CC. The van der Waals surface area contributed by atoms with Gasteiger partial charge in [-0.2, -0.15) is 0 Å². The van der Waals surface area contributed by atoms with Crippen LogP contribution in [0.3, 0.4) is 0 Å². The molecule has 0 aliphatic heterocycles. The van der Waals surface area contributed by atoms with Gasteiger partial charge in [0.05, 0.1) is 0 Å². The highest BCUT2D eigenvalue weighted by molar-refractivity contribution is 4.65. The maximum absolute atomic E-state index is 2.37. The Morgan fingerprint density at radius 3 is 2.09 bits per heavy atom. The first-order valence-electron chi connectivity index (χ1n) is 4.92. The standard InChI is InChI=1S/C10H22N/c1-4-7-8-9-10-11(5-2)6-3/h10H,4-9H2,1-3H3. The Bertz CT molecular complexity index is 67.3. The highest BCUT2D eigenvalue weighted by Gasteiger charge is 1.97. The van der Waals surface area contributed by atoms with Gasteiger partial charge in [-0.3, -0.25) is 4.90 Å². The zero-order valence-electron chi connectivity index (χ0n) is 8.27. The number of hydrogen-bond donors (Lipinski definition) is 0. The highest BCUT2D eigenvalue weighted by Crippen LogP contribution is 2.04. The van der Waals surface area contributed by atoms with E-state index in [9.17, 15) is 0 Å². The molecule has 0 aromatic heterocycles. The van der Waals surface area contributed by atoms with Crippen LogP contribution in [0.1, 0.15) is 46.5 Å². The third kappa shape index (κ3) is 6.36. The van der Waals surface area contributed by atoms with Gasteiger partial charge in [0.15, 0.2) is 0 Å². The first kappa shape index (κ1) is 11.0. The molecule has 1 heteroatoms. The average molecular weight is 156 g/mol. The third-order valence-electron chi connectivity index (χ3n) is 2.01. The maximum Gasteiger partial charge on any atom is 0.0251 e. The zero-order valence-corrected chi connectivity index (χ0v) is 8.27. The lowest BCUT2D eigenvalue weighted by Crippen LogP contribution is -2.19. The quantitative estimate of drug-likeness (QED) is 0.512. The van der Waals surface area contributed by atoms with E-state index in [1.807, 2.05) is 0 Å². The van der Waals surface area contributed by atoms with E-state index in [4.69, 9.17) is 0 Å². The normalized spacial score (nSPS) is 10.9. The van der Waals surface area contributed by atoms with Gasteiger partial charge < -0.3 is 0 Å². The van der Waals surface area contributed by atoms with E-state index < -0.39 is 0 Å². The van der Waals surface area contributed by atoms with Crippen LogP contribution in [-0.4, -0.2) is 18.0 Å². The van der Waals surface area contributed by atoms with Gasteiger partial charge in [-0.05, 0) is 19.5 Å². The summed E-state index contributed by atoms with van der Waals surface area (Å²) >= 11 is 0. The summed E-state index contributed by atoms with van der Waals surface area (Å²) in [6, 6.07) is 0. The largest absolute Gasteiger partial charge is 0.299 e. The molecule has 1 radical (unpaired) electrons. The molecule has 11 heavy (non-hydrogen) atoms. The lowest BCUT2D eigenvalue weighted by molar-refractivity contribution is 0.355. The Morgan fingerprint density at radius 1 is 1.00 bits per heavy atom. The second kappa shape index (κ2) is 8.06. The molecule has 0 aromatic rings. The smallest absolute Gasteiger partial charge is 0.0251 e. The lowest BCUT2D eigenvalue weighted by Gasteiger charge is -2.16. The van der Waals surface area contributed by atoms with E-state index in [1.54, 1.807) is 0 Å². The van der Waals surface area contributed by atoms with Gasteiger partial charge in [0.25, 0.3) is 0 Å². The fourth-order valence-corrected chi connectivity index (χ4v) is 1.15. The van der Waals surface area contributed by atoms with Crippen molar-refractivity contribution in [2.24, 2.45) is 0 Å². The molecule has 0 rings (SSSR count). The molecule has 0 aliphatic rings. The lowest BCUT2D eigenvalue weighted by atomic mass is 10.2. The predicted molar refractivity (Wildman–Crippen MR) is 51.4 cm³/mol. The van der Waals surface area contributed by atoms with Gasteiger partial charge in [-0.1, -0.05) is 40.0 Å². The van der Waals surface area contributed by atoms with Crippen molar-refractivity contribution in [3.63, 3.8) is 0 Å². The molecular formula is C10H22N. The molecule has 0 saturated heterocycles. The minimum Gasteiger partial charge on any atom is -0.299 e. The van der Waals surface area contributed by atoms with Crippen LogP contribution in [0.4, 0.5) is 0 Å². The van der Waals surface area contributed by atoms with Crippen LogP contribution in [0.25, 0.3) is 0 Å². The molecule has 0 heterocycles. The van der Waals surface area contributed by atoms with Crippen molar-refractivity contribution in [3.8, 4) is 0 Å². The van der Waals surface area contributed by atoms with Crippen LogP contribution >= 0.6 is 0 Å². The molecule has 0 fully saturated rings. The maximum atomic E-state index is 2.37. The number of rotatable bonds is 7. The van der Waals surface area contributed by atoms with Crippen LogP contribution < -0.4 is 0 Å². The van der Waals surface area contributed by atoms with Crippen LogP contribution in [0.5, 0.6) is 0 Å². The molecule has 0 unspecified atom stereocenters. The minimum atomic E-state index is 1.16. The van der Waals surface area contributed by atoms with E-state index >= 15 is 0 Å². The van der Waals surface area contributed by atoms with Crippen molar-refractivity contribution < 1.29 is 0 Å². The minimum absolute atomic E-state index is 1.16. The fraction of sp³-hybridized carbons (Fsp3) is 0.900. The molecule has 0 amide bonds. The van der Waals surface area contributed by atoms with Gasteiger partial charge in [-0.15, -0.1) is 0 Å². The Kier molecular flexibility index (Phi) is 8.03. The zero-order chi connectivity index (χ0) is 8.53. The van der Waals surface area contributed by atoms with Gasteiger partial charge in [0.2, 0.25) is 0 Å². The number of unbranched alkanes of at least 4 members (excludes halogenated alkanes) is 3. The summed E-state index contributed by atoms with van der Waals surface area (Å²) < 4.78 is 0. The van der Waals surface area contributed by atoms with Gasteiger partial charge in [-0.25, -0.2) is 0 Å². The summed E-state index contributed by atoms with van der Waals surface area (Å²) in [7, 11) is 0. The molecule has 0 spiro atoms. The Morgan fingerprint density at radius 2 is 1.64 bits per heavy atom. The topological polar surface area (TPSA) is 3.24 Å². The summed E-state index contributed by atoms with van der Waals surface area (Å²) in [5, 5.41) is 0. The van der Waals surface area contributed by atoms with Crippen LogP contribution in [0.15, 0.2) is 0 Å². The van der Waals surface area contributed by atoms with E-state index in [2.05, 4.69) is 32.2 Å².